The highest BCUT2D eigenvalue weighted by molar-refractivity contribution is 6.08. The summed E-state index contributed by atoms with van der Waals surface area (Å²) < 4.78 is 2.46. The second kappa shape index (κ2) is 20.5. The van der Waals surface area contributed by atoms with Gasteiger partial charge in [-0.3, -0.25) is 0 Å². The maximum atomic E-state index is 5.35. The van der Waals surface area contributed by atoms with Gasteiger partial charge in [-0.15, -0.1) is 0 Å². The minimum Gasteiger partial charge on any atom is -0.335 e. The van der Waals surface area contributed by atoms with Crippen LogP contribution in [0.1, 0.15) is 38.3 Å². The summed E-state index contributed by atoms with van der Waals surface area (Å²) in [5, 5.41) is 2.55. The zero-order valence-corrected chi connectivity index (χ0v) is 43.2. The summed E-state index contributed by atoms with van der Waals surface area (Å²) in [5.41, 5.74) is 22.5. The van der Waals surface area contributed by atoms with Gasteiger partial charge in [0.15, 0.2) is 0 Å². The molecule has 3 heterocycles. The molecule has 10 aromatic rings. The Labute approximate surface area is 450 Å². The first-order valence-corrected chi connectivity index (χ1v) is 26.7. The zero-order valence-electron chi connectivity index (χ0n) is 43.2. The van der Waals surface area contributed by atoms with Gasteiger partial charge in [0, 0.05) is 84.2 Å². The van der Waals surface area contributed by atoms with Crippen molar-refractivity contribution in [1.82, 2.24) is 14.5 Å². The first-order valence-electron chi connectivity index (χ1n) is 26.7. The molecule has 2 bridgehead atoms. The molecule has 370 valence electrons. The number of aromatic nitrogens is 3. The number of para-hydroxylation sites is 6. The minimum absolute atomic E-state index is 0.110. The molecule has 8 aromatic carbocycles. The van der Waals surface area contributed by atoms with Crippen LogP contribution in [-0.2, 0) is 0 Å². The lowest BCUT2D eigenvalue weighted by Gasteiger charge is -2.33. The average molecular weight is 993 g/mol. The second-order valence-electron chi connectivity index (χ2n) is 19.7. The average Bonchev–Trinajstić information content (AvgIpc) is 3.92. The fraction of sp³-hybridized carbons (Fsp3) is 0.0845. The van der Waals surface area contributed by atoms with Crippen LogP contribution in [0.5, 0.6) is 0 Å². The SMILES string of the molecule is C/C=C(\C=C/C(C)n1c2ccccc2c2ccccc21)N(c1ccc(-c2nc3ccccc3nc2-c2ccc(N(c3ccccc3)c3ccc(N4C5=C=C(/C=C\C/C=C\5)c5ccccc54)cc3)cc2)cc1)C1C=CC=CC1. The maximum Gasteiger partial charge on any atom is 0.0973 e. The fourth-order valence-corrected chi connectivity index (χ4v) is 11.3. The van der Waals surface area contributed by atoms with Crippen molar-refractivity contribution in [3.63, 3.8) is 0 Å². The van der Waals surface area contributed by atoms with Crippen LogP contribution in [0.4, 0.5) is 34.1 Å². The van der Waals surface area contributed by atoms with Crippen LogP contribution >= 0.6 is 0 Å². The van der Waals surface area contributed by atoms with Crippen LogP contribution in [0.3, 0.4) is 0 Å². The van der Waals surface area contributed by atoms with Crippen LogP contribution < -0.4 is 14.7 Å². The normalized spacial score (nSPS) is 16.2. The molecule has 77 heavy (non-hydrogen) atoms. The third-order valence-electron chi connectivity index (χ3n) is 15.0. The Balaban J connectivity index is 0.828. The Hall–Kier alpha value is -9.74. The lowest BCUT2D eigenvalue weighted by Crippen LogP contribution is -2.33. The summed E-state index contributed by atoms with van der Waals surface area (Å²) in [6, 6.07) is 71.6. The molecule has 2 atom stereocenters. The van der Waals surface area contributed by atoms with Gasteiger partial charge in [0.05, 0.1) is 39.8 Å². The molecular weight excluding hydrogens is 937 g/mol. The molecule has 2 aromatic heterocycles. The monoisotopic (exact) mass is 992 g/mol. The molecule has 0 fully saturated rings. The highest BCUT2D eigenvalue weighted by Gasteiger charge is 2.25. The molecule has 0 N–H and O–H groups in total. The van der Waals surface area contributed by atoms with Gasteiger partial charge in [0.1, 0.15) is 0 Å². The van der Waals surface area contributed by atoms with E-state index in [4.69, 9.17) is 9.97 Å². The number of anilines is 6. The lowest BCUT2D eigenvalue weighted by atomic mass is 9.97. The van der Waals surface area contributed by atoms with Gasteiger partial charge in [-0.25, -0.2) is 9.97 Å². The molecule has 1 aliphatic heterocycles. The van der Waals surface area contributed by atoms with Gasteiger partial charge in [-0.1, -0.05) is 170 Å². The molecule has 2 aliphatic carbocycles. The van der Waals surface area contributed by atoms with Crippen LogP contribution in [0, 0.1) is 0 Å². The van der Waals surface area contributed by atoms with Crippen molar-refractivity contribution in [1.29, 1.82) is 0 Å². The van der Waals surface area contributed by atoms with Gasteiger partial charge < -0.3 is 19.3 Å². The van der Waals surface area contributed by atoms with Crippen molar-refractivity contribution in [2.45, 2.75) is 38.8 Å². The molecule has 6 heteroatoms. The summed E-state index contributed by atoms with van der Waals surface area (Å²) in [7, 11) is 0. The third kappa shape index (κ3) is 8.91. The van der Waals surface area contributed by atoms with E-state index in [0.29, 0.717) is 0 Å². The van der Waals surface area contributed by atoms with Crippen LogP contribution in [0.25, 0.3) is 60.9 Å². The Bertz CT molecular complexity index is 4050. The first-order chi connectivity index (χ1) is 38.1. The molecule has 6 nitrogen and oxygen atoms in total. The van der Waals surface area contributed by atoms with E-state index in [1.165, 1.54) is 27.4 Å². The number of hydrogen-bond acceptors (Lipinski definition) is 5. The number of rotatable bonds is 12. The largest absolute Gasteiger partial charge is 0.335 e. The first kappa shape index (κ1) is 47.0. The molecular formula is C71H56N6. The number of allylic oxidation sites excluding steroid dienone is 9. The van der Waals surface area contributed by atoms with Crippen molar-refractivity contribution in [2.75, 3.05) is 14.7 Å². The smallest absolute Gasteiger partial charge is 0.0973 e. The van der Waals surface area contributed by atoms with E-state index in [2.05, 4.69) is 282 Å². The van der Waals surface area contributed by atoms with Gasteiger partial charge >= 0.3 is 0 Å². The van der Waals surface area contributed by atoms with E-state index in [9.17, 15) is 0 Å². The zero-order chi connectivity index (χ0) is 51.7. The lowest BCUT2D eigenvalue weighted by molar-refractivity contribution is 0.707. The van der Waals surface area contributed by atoms with Gasteiger partial charge in [-0.2, -0.15) is 0 Å². The quantitative estimate of drug-likeness (QED) is 0.0901. The Morgan fingerprint density at radius 3 is 1.81 bits per heavy atom. The van der Waals surface area contributed by atoms with Crippen molar-refractivity contribution in [3.05, 3.63) is 290 Å². The Morgan fingerprint density at radius 1 is 0.584 bits per heavy atom. The van der Waals surface area contributed by atoms with Gasteiger partial charge in [0.25, 0.3) is 0 Å². The van der Waals surface area contributed by atoms with Gasteiger partial charge in [0.2, 0.25) is 0 Å². The highest BCUT2D eigenvalue weighted by Crippen LogP contribution is 2.43. The maximum absolute atomic E-state index is 5.35. The summed E-state index contributed by atoms with van der Waals surface area (Å²) in [6.07, 6.45) is 26.3. The molecule has 0 saturated heterocycles. The number of hydrogen-bond donors (Lipinski definition) is 0. The molecule has 13 rings (SSSR count). The van der Waals surface area contributed by atoms with Crippen LogP contribution in [0.2, 0.25) is 0 Å². The summed E-state index contributed by atoms with van der Waals surface area (Å²) in [4.78, 5) is 17.8. The van der Waals surface area contributed by atoms with E-state index in [-0.39, 0.29) is 12.1 Å². The van der Waals surface area contributed by atoms with Crippen molar-refractivity contribution >= 4 is 72.5 Å². The molecule has 0 radical (unpaired) electrons. The van der Waals surface area contributed by atoms with Crippen LogP contribution in [0.15, 0.2) is 284 Å². The number of benzene rings is 8. The Morgan fingerprint density at radius 2 is 1.16 bits per heavy atom. The van der Waals surface area contributed by atoms with Crippen molar-refractivity contribution < 1.29 is 0 Å². The predicted molar refractivity (Wildman–Crippen MR) is 323 cm³/mol. The highest BCUT2D eigenvalue weighted by atomic mass is 15.2. The minimum atomic E-state index is 0.110. The van der Waals surface area contributed by atoms with Gasteiger partial charge in [-0.05, 0) is 130 Å². The second-order valence-corrected chi connectivity index (χ2v) is 19.7. The molecule has 0 amide bonds. The van der Waals surface area contributed by atoms with E-state index in [1.807, 2.05) is 24.3 Å². The topological polar surface area (TPSA) is 40.4 Å². The van der Waals surface area contributed by atoms with Crippen LogP contribution in [-0.4, -0.2) is 20.6 Å². The summed E-state index contributed by atoms with van der Waals surface area (Å²) in [5.74, 6) is 0. The predicted octanol–water partition coefficient (Wildman–Crippen LogP) is 18.5. The van der Waals surface area contributed by atoms with E-state index in [0.717, 1.165) is 97.5 Å². The Kier molecular flexibility index (Phi) is 12.5. The molecule has 2 unspecified atom stereocenters. The van der Waals surface area contributed by atoms with E-state index in [1.54, 1.807) is 0 Å². The molecule has 3 aliphatic rings. The summed E-state index contributed by atoms with van der Waals surface area (Å²) >= 11 is 0. The number of fused-ring (bicyclic) bond motifs is 6. The van der Waals surface area contributed by atoms with E-state index >= 15 is 0 Å². The molecule has 0 spiro atoms. The standard InChI is InChI=1S/C71H56N6/c1-3-54(40-35-50(2)74-68-33-19-14-28-63(68)64-29-15-20-34-69(64)74)75(55-22-8-5-9-23-55)57-41-36-51(37-42-57)70-71(73-66-31-17-16-30-65(66)72-70)52-38-43-58(44-39-52)76(56-24-10-6-11-25-56)59-45-47-60(48-46-59)77-61-26-12-4-7-21-53(49-61)62-27-13-18-32-67(62)77/h3,5-22,24-48,50,55H,4,23H2,1-2H3/b21-7-,26-12-,40-35-,54-3+. The van der Waals surface area contributed by atoms with Crippen molar-refractivity contribution in [2.24, 2.45) is 0 Å². The summed E-state index contributed by atoms with van der Waals surface area (Å²) in [6.45, 7) is 4.42. The van der Waals surface area contributed by atoms with Crippen molar-refractivity contribution in [3.8, 4) is 22.5 Å². The number of nitrogens with zero attached hydrogens (tertiary/aromatic N) is 6. The molecule has 0 saturated carbocycles. The fourth-order valence-electron chi connectivity index (χ4n) is 11.3. The third-order valence-corrected chi connectivity index (χ3v) is 15.0. The van der Waals surface area contributed by atoms with E-state index < -0.39 is 0 Å².